The van der Waals surface area contributed by atoms with Gasteiger partial charge in [-0.1, -0.05) is 36.4 Å². The van der Waals surface area contributed by atoms with Crippen molar-refractivity contribution in [3.05, 3.63) is 84.9 Å². The summed E-state index contributed by atoms with van der Waals surface area (Å²) in [6.45, 7) is 5.09. The van der Waals surface area contributed by atoms with Crippen molar-refractivity contribution in [1.82, 2.24) is 0 Å². The van der Waals surface area contributed by atoms with Crippen molar-refractivity contribution >= 4 is 23.0 Å². The Morgan fingerprint density at radius 1 is 0.767 bits per heavy atom. The highest BCUT2D eigenvalue weighted by molar-refractivity contribution is 7.97. The number of aliphatic hydroxyl groups is 1. The number of carbonyl (C=O) groups is 2. The molecule has 226 valence electrons. The molecule has 4 unspecified atom stereocenters. The van der Waals surface area contributed by atoms with E-state index in [0.717, 1.165) is 4.90 Å². The normalized spacial score (nSPS) is 27.5. The summed E-state index contributed by atoms with van der Waals surface area (Å²) in [5, 5.41) is 11.4. The third-order valence-corrected chi connectivity index (χ3v) is 10.6. The van der Waals surface area contributed by atoms with Crippen molar-refractivity contribution in [2.75, 3.05) is 6.61 Å². The van der Waals surface area contributed by atoms with E-state index in [2.05, 4.69) is 48.5 Å². The average molecular weight is 604 g/mol. The molecule has 4 saturated carbocycles. The van der Waals surface area contributed by atoms with E-state index in [4.69, 9.17) is 18.9 Å². The van der Waals surface area contributed by atoms with Crippen LogP contribution in [-0.4, -0.2) is 46.2 Å². The van der Waals surface area contributed by atoms with Crippen LogP contribution in [0.25, 0.3) is 0 Å². The molecule has 0 spiro atoms. The van der Waals surface area contributed by atoms with Crippen molar-refractivity contribution in [3.63, 3.8) is 0 Å². The lowest BCUT2D eigenvalue weighted by Gasteiger charge is -2.62. The van der Waals surface area contributed by atoms with E-state index >= 15 is 0 Å². The molecule has 0 saturated heterocycles. The van der Waals surface area contributed by atoms with Gasteiger partial charge in [-0.2, -0.15) is 0 Å². The molecule has 8 heteroatoms. The molecular formula is C35H39O7S+. The summed E-state index contributed by atoms with van der Waals surface area (Å²) in [6.07, 6.45) is 2.13. The van der Waals surface area contributed by atoms with Gasteiger partial charge in [0.05, 0.1) is 16.5 Å². The van der Waals surface area contributed by atoms with Crippen molar-refractivity contribution < 1.29 is 33.6 Å². The van der Waals surface area contributed by atoms with Gasteiger partial charge in [0.2, 0.25) is 0 Å². The van der Waals surface area contributed by atoms with Gasteiger partial charge in [0, 0.05) is 19.3 Å². The highest BCUT2D eigenvalue weighted by Crippen LogP contribution is 2.62. The SMILES string of the molecule is CC(C)(C)OC(=O)OC12CC3CC(O)(CC(OC(=O)COc4ccc([S+](c5ccccc5)c5ccccc5)cc4)(C3)C1)C2. The minimum atomic E-state index is -1.05. The fourth-order valence-electron chi connectivity index (χ4n) is 7.49. The van der Waals surface area contributed by atoms with Gasteiger partial charge >= 0.3 is 12.1 Å². The van der Waals surface area contributed by atoms with Crippen LogP contribution in [0, 0.1) is 5.92 Å². The first-order valence-corrected chi connectivity index (χ1v) is 16.1. The summed E-state index contributed by atoms with van der Waals surface area (Å²) in [5.74, 6) is 0.155. The van der Waals surface area contributed by atoms with Gasteiger partial charge in [0.1, 0.15) is 22.6 Å². The van der Waals surface area contributed by atoms with Crippen molar-refractivity contribution in [3.8, 4) is 5.75 Å². The number of rotatable bonds is 8. The monoisotopic (exact) mass is 603 g/mol. The molecule has 4 bridgehead atoms. The van der Waals surface area contributed by atoms with Crippen LogP contribution >= 0.6 is 0 Å². The Balaban J connectivity index is 1.11. The third-order valence-electron chi connectivity index (χ3n) is 8.33. The lowest BCUT2D eigenvalue weighted by atomic mass is 9.50. The molecule has 4 fully saturated rings. The van der Waals surface area contributed by atoms with E-state index < -0.39 is 34.5 Å². The number of hydrogen-bond acceptors (Lipinski definition) is 7. The first kappa shape index (κ1) is 29.6. The van der Waals surface area contributed by atoms with Crippen LogP contribution in [0.4, 0.5) is 4.79 Å². The van der Waals surface area contributed by atoms with Crippen molar-refractivity contribution in [2.24, 2.45) is 5.92 Å². The lowest BCUT2D eigenvalue weighted by Crippen LogP contribution is -2.68. The highest BCUT2D eigenvalue weighted by atomic mass is 32.2. The zero-order valence-corrected chi connectivity index (χ0v) is 25.7. The maximum Gasteiger partial charge on any atom is 0.509 e. The van der Waals surface area contributed by atoms with Crippen LogP contribution in [0.1, 0.15) is 59.3 Å². The number of carbonyl (C=O) groups excluding carboxylic acids is 2. The molecule has 3 aromatic rings. The first-order chi connectivity index (χ1) is 20.4. The van der Waals surface area contributed by atoms with E-state index in [1.807, 2.05) is 36.4 Å². The smallest absolute Gasteiger partial charge is 0.482 e. The Labute approximate surface area is 255 Å². The fourth-order valence-corrected chi connectivity index (χ4v) is 9.58. The summed E-state index contributed by atoms with van der Waals surface area (Å²) in [6, 6.07) is 28.6. The van der Waals surface area contributed by atoms with Crippen LogP contribution < -0.4 is 4.74 Å². The second-order valence-corrected chi connectivity index (χ2v) is 15.4. The van der Waals surface area contributed by atoms with Gasteiger partial charge in [-0.3, -0.25) is 0 Å². The predicted octanol–water partition coefficient (Wildman–Crippen LogP) is 6.86. The lowest BCUT2D eigenvalue weighted by molar-refractivity contribution is -0.265. The summed E-state index contributed by atoms with van der Waals surface area (Å²) < 4.78 is 23.2. The largest absolute Gasteiger partial charge is 0.509 e. The molecule has 1 N–H and O–H groups in total. The van der Waals surface area contributed by atoms with Crippen molar-refractivity contribution in [2.45, 2.75) is 96.4 Å². The molecule has 7 rings (SSSR count). The summed E-state index contributed by atoms with van der Waals surface area (Å²) in [7, 11) is -0.278. The van der Waals surface area contributed by atoms with Gasteiger partial charge in [0.15, 0.2) is 21.3 Å². The Hall–Kier alpha value is -3.49. The van der Waals surface area contributed by atoms with Crippen LogP contribution in [0.15, 0.2) is 99.6 Å². The molecule has 4 atom stereocenters. The number of hydrogen-bond donors (Lipinski definition) is 1. The average Bonchev–Trinajstić information content (AvgIpc) is 2.91. The summed E-state index contributed by atoms with van der Waals surface area (Å²) in [5.41, 5.74) is -3.56. The standard InChI is InChI=1S/C35H39O7S/c1-32(2,3)41-31(37)42-35-20-25-18-33(38,23-35)22-34(19-25,24-35)40-30(36)21-39-26-14-16-29(17-15-26)43(27-10-6-4-7-11-27)28-12-8-5-9-13-28/h4-17,25,38H,18-24H2,1-3H3/q+1. The van der Waals surface area contributed by atoms with Crippen LogP contribution in [0.3, 0.4) is 0 Å². The molecule has 0 heterocycles. The molecule has 4 aliphatic rings. The number of ether oxygens (including phenoxy) is 4. The zero-order valence-electron chi connectivity index (χ0n) is 24.9. The Morgan fingerprint density at radius 2 is 1.30 bits per heavy atom. The van der Waals surface area contributed by atoms with E-state index in [1.165, 1.54) is 9.79 Å². The van der Waals surface area contributed by atoms with E-state index in [-0.39, 0.29) is 23.4 Å². The highest BCUT2D eigenvalue weighted by Gasteiger charge is 2.66. The maximum absolute atomic E-state index is 13.1. The molecular weight excluding hydrogens is 564 g/mol. The van der Waals surface area contributed by atoms with E-state index in [9.17, 15) is 14.7 Å². The molecule has 43 heavy (non-hydrogen) atoms. The topological polar surface area (TPSA) is 91.3 Å². The van der Waals surface area contributed by atoms with Gasteiger partial charge in [0.25, 0.3) is 0 Å². The van der Waals surface area contributed by atoms with Crippen LogP contribution in [0.5, 0.6) is 5.75 Å². The second-order valence-electron chi connectivity index (χ2n) is 13.3. The van der Waals surface area contributed by atoms with E-state index in [1.54, 1.807) is 20.8 Å². The molecule has 0 amide bonds. The molecule has 4 aliphatic carbocycles. The minimum Gasteiger partial charge on any atom is -0.482 e. The molecule has 0 aliphatic heterocycles. The second kappa shape index (κ2) is 11.2. The predicted molar refractivity (Wildman–Crippen MR) is 162 cm³/mol. The van der Waals surface area contributed by atoms with E-state index in [0.29, 0.717) is 44.3 Å². The maximum atomic E-state index is 13.1. The number of benzene rings is 3. The van der Waals surface area contributed by atoms with Crippen LogP contribution in [0.2, 0.25) is 0 Å². The number of esters is 1. The first-order valence-electron chi connectivity index (χ1n) is 14.9. The molecule has 0 aromatic heterocycles. The fraction of sp³-hybridized carbons (Fsp3) is 0.429. The Morgan fingerprint density at radius 3 is 1.84 bits per heavy atom. The van der Waals surface area contributed by atoms with Gasteiger partial charge in [-0.05, 0) is 94.5 Å². The third kappa shape index (κ3) is 6.70. The zero-order chi connectivity index (χ0) is 30.3. The molecule has 7 nitrogen and oxygen atoms in total. The Bertz CT molecular complexity index is 1420. The summed E-state index contributed by atoms with van der Waals surface area (Å²) in [4.78, 5) is 29.3. The van der Waals surface area contributed by atoms with Gasteiger partial charge in [-0.15, -0.1) is 0 Å². The Kier molecular flexibility index (Phi) is 7.71. The van der Waals surface area contributed by atoms with Crippen LogP contribution in [-0.2, 0) is 29.9 Å². The van der Waals surface area contributed by atoms with Crippen molar-refractivity contribution in [1.29, 1.82) is 0 Å². The quantitative estimate of drug-likeness (QED) is 0.222. The minimum absolute atomic E-state index is 0.0907. The molecule has 0 radical (unpaired) electrons. The van der Waals surface area contributed by atoms with Gasteiger partial charge < -0.3 is 24.1 Å². The molecule has 3 aromatic carbocycles. The summed E-state index contributed by atoms with van der Waals surface area (Å²) >= 11 is 0. The van der Waals surface area contributed by atoms with Gasteiger partial charge in [-0.25, -0.2) is 9.59 Å².